The van der Waals surface area contributed by atoms with Gasteiger partial charge in [-0.25, -0.2) is 4.79 Å². The molecule has 3 amide bonds. The van der Waals surface area contributed by atoms with E-state index >= 15 is 0 Å². The van der Waals surface area contributed by atoms with Crippen molar-refractivity contribution in [2.45, 2.75) is 18.9 Å². The molecule has 166 valence electrons. The van der Waals surface area contributed by atoms with Gasteiger partial charge in [-0.05, 0) is 35.7 Å². The molecule has 3 N–H and O–H groups in total. The molecule has 6 heteroatoms. The molecule has 0 spiro atoms. The number of aromatic nitrogens is 1. The van der Waals surface area contributed by atoms with Crippen LogP contribution < -0.4 is 16.0 Å². The van der Waals surface area contributed by atoms with Crippen LogP contribution in [0.3, 0.4) is 0 Å². The Kier molecular flexibility index (Phi) is 7.28. The Morgan fingerprint density at radius 1 is 0.818 bits per heavy atom. The van der Waals surface area contributed by atoms with Crippen molar-refractivity contribution in [1.82, 2.24) is 15.6 Å². The number of para-hydroxylation sites is 2. The van der Waals surface area contributed by atoms with Crippen LogP contribution in [0.15, 0.2) is 97.2 Å². The van der Waals surface area contributed by atoms with Crippen molar-refractivity contribution >= 4 is 28.5 Å². The predicted molar refractivity (Wildman–Crippen MR) is 131 cm³/mol. The number of amides is 3. The Hall–Kier alpha value is -4.19. The van der Waals surface area contributed by atoms with Crippen LogP contribution in [0.25, 0.3) is 10.9 Å². The van der Waals surface area contributed by atoms with Crippen LogP contribution >= 0.6 is 0 Å². The number of anilines is 1. The Labute approximate surface area is 193 Å². The normalized spacial score (nSPS) is 11.5. The van der Waals surface area contributed by atoms with Gasteiger partial charge in [-0.2, -0.15) is 0 Å². The van der Waals surface area contributed by atoms with Crippen molar-refractivity contribution in [3.63, 3.8) is 0 Å². The monoisotopic (exact) mass is 438 g/mol. The summed E-state index contributed by atoms with van der Waals surface area (Å²) in [5.41, 5.74) is 3.65. The van der Waals surface area contributed by atoms with Crippen molar-refractivity contribution in [2.75, 3.05) is 11.9 Å². The molecule has 0 fully saturated rings. The van der Waals surface area contributed by atoms with Gasteiger partial charge in [0.1, 0.15) is 6.04 Å². The number of hydrogen-bond donors (Lipinski definition) is 3. The second-order valence-corrected chi connectivity index (χ2v) is 7.74. The Bertz CT molecular complexity index is 1210. The summed E-state index contributed by atoms with van der Waals surface area (Å²) in [5, 5.41) is 9.65. The highest BCUT2D eigenvalue weighted by Gasteiger charge is 2.21. The molecule has 0 aliphatic carbocycles. The molecule has 0 aliphatic heterocycles. The number of nitrogens with one attached hydrogen (secondary N) is 3. The molecular weight excluding hydrogens is 412 g/mol. The number of carbonyl (C=O) groups excluding carboxylic acids is 2. The van der Waals surface area contributed by atoms with Gasteiger partial charge in [-0.15, -0.1) is 0 Å². The lowest BCUT2D eigenvalue weighted by atomic mass is 10.1. The van der Waals surface area contributed by atoms with Crippen LogP contribution in [0.5, 0.6) is 0 Å². The van der Waals surface area contributed by atoms with E-state index in [9.17, 15) is 9.59 Å². The van der Waals surface area contributed by atoms with Gasteiger partial charge in [0, 0.05) is 30.2 Å². The van der Waals surface area contributed by atoms with Gasteiger partial charge in [-0.3, -0.25) is 9.78 Å². The molecule has 0 unspecified atom stereocenters. The second-order valence-electron chi connectivity index (χ2n) is 7.74. The lowest BCUT2D eigenvalue weighted by Crippen LogP contribution is -2.49. The largest absolute Gasteiger partial charge is 0.338 e. The van der Waals surface area contributed by atoms with Gasteiger partial charge in [0.25, 0.3) is 0 Å². The smallest absolute Gasteiger partial charge is 0.315 e. The molecule has 0 bridgehead atoms. The molecule has 6 nitrogen and oxygen atoms in total. The fraction of sp³-hybridized carbons (Fsp3) is 0.148. The Balaban J connectivity index is 1.38. The fourth-order valence-electron chi connectivity index (χ4n) is 3.70. The first kappa shape index (κ1) is 22.0. The summed E-state index contributed by atoms with van der Waals surface area (Å²) in [5.74, 6) is -0.265. The lowest BCUT2D eigenvalue weighted by molar-refractivity contribution is -0.117. The van der Waals surface area contributed by atoms with Gasteiger partial charge in [0.05, 0.1) is 5.52 Å². The average molecular weight is 439 g/mol. The minimum Gasteiger partial charge on any atom is -0.338 e. The van der Waals surface area contributed by atoms with E-state index in [1.807, 2.05) is 91.0 Å². The molecule has 0 radical (unpaired) electrons. The summed E-state index contributed by atoms with van der Waals surface area (Å²) >= 11 is 0. The lowest BCUT2D eigenvalue weighted by Gasteiger charge is -2.19. The topological polar surface area (TPSA) is 83.1 Å². The third kappa shape index (κ3) is 6.17. The van der Waals surface area contributed by atoms with E-state index in [0.717, 1.165) is 22.0 Å². The number of benzene rings is 3. The highest BCUT2D eigenvalue weighted by molar-refractivity contribution is 5.97. The maximum atomic E-state index is 12.9. The molecule has 1 atom stereocenters. The minimum absolute atomic E-state index is 0.265. The molecule has 4 rings (SSSR count). The zero-order chi connectivity index (χ0) is 22.9. The van der Waals surface area contributed by atoms with Crippen molar-refractivity contribution in [3.8, 4) is 0 Å². The third-order valence-electron chi connectivity index (χ3n) is 5.34. The van der Waals surface area contributed by atoms with Crippen LogP contribution in [0, 0.1) is 0 Å². The van der Waals surface area contributed by atoms with E-state index in [1.165, 1.54) is 0 Å². The van der Waals surface area contributed by atoms with Crippen LogP contribution in [-0.2, 0) is 17.6 Å². The maximum absolute atomic E-state index is 12.9. The zero-order valence-corrected chi connectivity index (χ0v) is 18.2. The summed E-state index contributed by atoms with van der Waals surface area (Å²) in [7, 11) is 0. The van der Waals surface area contributed by atoms with Crippen LogP contribution in [0.1, 0.15) is 11.1 Å². The first-order valence-corrected chi connectivity index (χ1v) is 11.0. The number of urea groups is 1. The summed E-state index contributed by atoms with van der Waals surface area (Å²) in [6, 6.07) is 27.7. The third-order valence-corrected chi connectivity index (χ3v) is 5.34. The summed E-state index contributed by atoms with van der Waals surface area (Å²) in [6.07, 6.45) is 2.80. The van der Waals surface area contributed by atoms with E-state index < -0.39 is 6.04 Å². The Morgan fingerprint density at radius 2 is 1.55 bits per heavy atom. The molecule has 0 saturated heterocycles. The van der Waals surface area contributed by atoms with Gasteiger partial charge in [-0.1, -0.05) is 72.8 Å². The van der Waals surface area contributed by atoms with E-state index in [-0.39, 0.29) is 11.9 Å². The van der Waals surface area contributed by atoms with E-state index in [1.54, 1.807) is 6.20 Å². The van der Waals surface area contributed by atoms with Crippen molar-refractivity contribution < 1.29 is 9.59 Å². The Morgan fingerprint density at radius 3 is 2.33 bits per heavy atom. The first-order chi connectivity index (χ1) is 16.2. The molecule has 0 aliphatic rings. The molecule has 1 aromatic heterocycles. The van der Waals surface area contributed by atoms with Gasteiger partial charge in [0.2, 0.25) is 5.91 Å². The fourth-order valence-corrected chi connectivity index (χ4v) is 3.70. The number of pyridine rings is 1. The highest BCUT2D eigenvalue weighted by atomic mass is 16.2. The van der Waals surface area contributed by atoms with Gasteiger partial charge < -0.3 is 16.0 Å². The van der Waals surface area contributed by atoms with Crippen molar-refractivity contribution in [3.05, 3.63) is 108 Å². The SMILES string of the molecule is O=C(NCCc1cccc2cccnc12)N[C@H](Cc1ccccc1)C(=O)Nc1ccccc1. The molecule has 33 heavy (non-hydrogen) atoms. The number of hydrogen-bond acceptors (Lipinski definition) is 3. The van der Waals surface area contributed by atoms with E-state index in [2.05, 4.69) is 20.9 Å². The van der Waals surface area contributed by atoms with Gasteiger partial charge >= 0.3 is 6.03 Å². The first-order valence-electron chi connectivity index (χ1n) is 11.0. The average Bonchev–Trinajstić information content (AvgIpc) is 2.85. The molecule has 4 aromatic rings. The molecular formula is C27H26N4O2. The number of nitrogens with zero attached hydrogens (tertiary/aromatic N) is 1. The second kappa shape index (κ2) is 10.9. The summed E-state index contributed by atoms with van der Waals surface area (Å²) in [4.78, 5) is 30.0. The zero-order valence-electron chi connectivity index (χ0n) is 18.2. The summed E-state index contributed by atoms with van der Waals surface area (Å²) in [6.45, 7) is 0.430. The van der Waals surface area contributed by atoms with E-state index in [4.69, 9.17) is 0 Å². The maximum Gasteiger partial charge on any atom is 0.315 e. The quantitative estimate of drug-likeness (QED) is 0.383. The number of carbonyl (C=O) groups is 2. The van der Waals surface area contributed by atoms with Gasteiger partial charge in [0.15, 0.2) is 0 Å². The summed E-state index contributed by atoms with van der Waals surface area (Å²) < 4.78 is 0. The molecule has 0 saturated carbocycles. The minimum atomic E-state index is -0.716. The molecule has 1 heterocycles. The molecule has 3 aromatic carbocycles. The van der Waals surface area contributed by atoms with Crippen molar-refractivity contribution in [2.24, 2.45) is 0 Å². The predicted octanol–water partition coefficient (Wildman–Crippen LogP) is 4.33. The van der Waals surface area contributed by atoms with E-state index in [0.29, 0.717) is 25.1 Å². The van der Waals surface area contributed by atoms with Crippen LogP contribution in [0.2, 0.25) is 0 Å². The standard InChI is InChI=1S/C27H26N4O2/c32-26(30-23-14-5-2-6-15-23)24(19-20-9-3-1-4-10-20)31-27(33)29-18-16-22-12-7-11-21-13-8-17-28-25(21)22/h1-15,17,24H,16,18-19H2,(H,30,32)(H2,29,31,33)/t24-/m1/s1. The van der Waals surface area contributed by atoms with Crippen LogP contribution in [0.4, 0.5) is 10.5 Å². The number of rotatable bonds is 8. The van der Waals surface area contributed by atoms with Crippen molar-refractivity contribution in [1.29, 1.82) is 0 Å². The van der Waals surface area contributed by atoms with Crippen LogP contribution in [-0.4, -0.2) is 29.5 Å². The highest BCUT2D eigenvalue weighted by Crippen LogP contribution is 2.16. The number of fused-ring (bicyclic) bond motifs is 1.